The highest BCUT2D eigenvalue weighted by Gasteiger charge is 2.15. The van der Waals surface area contributed by atoms with Gasteiger partial charge in [-0.15, -0.1) is 0 Å². The van der Waals surface area contributed by atoms with E-state index in [1.807, 2.05) is 0 Å². The van der Waals surface area contributed by atoms with Crippen molar-refractivity contribution in [3.63, 3.8) is 0 Å². The van der Waals surface area contributed by atoms with E-state index < -0.39 is 5.97 Å². The normalized spacial score (nSPS) is 10.8. The van der Waals surface area contributed by atoms with E-state index in [-0.39, 0.29) is 17.2 Å². The third-order valence-corrected chi connectivity index (χ3v) is 4.97. The molecule has 166 valence electrons. The van der Waals surface area contributed by atoms with Gasteiger partial charge in [-0.05, 0) is 42.3 Å². The number of ether oxygens (including phenoxy) is 2. The van der Waals surface area contributed by atoms with Crippen LogP contribution in [-0.2, 0) is 4.79 Å². The zero-order valence-corrected chi connectivity index (χ0v) is 18.8. The maximum atomic E-state index is 12.4. The van der Waals surface area contributed by atoms with Crippen LogP contribution < -0.4 is 14.9 Å². The van der Waals surface area contributed by atoms with Gasteiger partial charge in [-0.1, -0.05) is 62.8 Å². The molecule has 2 aromatic carbocycles. The minimum absolute atomic E-state index is 0.107. The van der Waals surface area contributed by atoms with Crippen molar-refractivity contribution in [2.45, 2.75) is 51.9 Å². The number of benzene rings is 2. The van der Waals surface area contributed by atoms with Gasteiger partial charge in [0.05, 0.1) is 23.9 Å². The molecule has 0 aliphatic carbocycles. The molecule has 6 nitrogen and oxygen atoms in total. The Kier molecular flexibility index (Phi) is 10.6. The lowest BCUT2D eigenvalue weighted by molar-refractivity contribution is -0.121. The summed E-state index contributed by atoms with van der Waals surface area (Å²) in [7, 11) is 1.48. The van der Waals surface area contributed by atoms with Gasteiger partial charge in [0.25, 0.3) is 0 Å². The predicted octanol–water partition coefficient (Wildman–Crippen LogP) is 5.77. The second kappa shape index (κ2) is 13.4. The van der Waals surface area contributed by atoms with Crippen LogP contribution in [0.2, 0.25) is 5.02 Å². The van der Waals surface area contributed by atoms with Crippen molar-refractivity contribution in [2.75, 3.05) is 7.11 Å². The maximum Gasteiger partial charge on any atom is 0.345 e. The fourth-order valence-corrected chi connectivity index (χ4v) is 3.14. The lowest BCUT2D eigenvalue weighted by atomic mass is 10.1. The number of unbranched alkanes of at least 4 members (excludes halogenated alkanes) is 5. The van der Waals surface area contributed by atoms with Crippen LogP contribution in [0.15, 0.2) is 47.6 Å². The van der Waals surface area contributed by atoms with E-state index in [1.54, 1.807) is 42.5 Å². The van der Waals surface area contributed by atoms with Gasteiger partial charge in [0.15, 0.2) is 11.5 Å². The highest BCUT2D eigenvalue weighted by Crippen LogP contribution is 2.29. The SMILES string of the molecule is CCCCCCCCC(=O)N/N=C\c1ccc(OC(=O)c2ccccc2Cl)c(OC)c1. The third kappa shape index (κ3) is 8.42. The lowest BCUT2D eigenvalue weighted by Crippen LogP contribution is -2.16. The fraction of sp³-hybridized carbons (Fsp3) is 0.375. The number of hydrazone groups is 1. The van der Waals surface area contributed by atoms with Gasteiger partial charge in [-0.3, -0.25) is 4.79 Å². The van der Waals surface area contributed by atoms with Gasteiger partial charge >= 0.3 is 5.97 Å². The molecule has 31 heavy (non-hydrogen) atoms. The van der Waals surface area contributed by atoms with Crippen molar-refractivity contribution in [1.29, 1.82) is 0 Å². The maximum absolute atomic E-state index is 12.4. The molecule has 0 aromatic heterocycles. The smallest absolute Gasteiger partial charge is 0.345 e. The first-order valence-electron chi connectivity index (χ1n) is 10.5. The Morgan fingerprint density at radius 2 is 1.77 bits per heavy atom. The average Bonchev–Trinajstić information content (AvgIpc) is 2.77. The molecule has 0 bridgehead atoms. The van der Waals surface area contributed by atoms with Gasteiger partial charge in [-0.2, -0.15) is 5.10 Å². The van der Waals surface area contributed by atoms with Crippen LogP contribution >= 0.6 is 11.6 Å². The summed E-state index contributed by atoms with van der Waals surface area (Å²) in [6.07, 6.45) is 8.75. The lowest BCUT2D eigenvalue weighted by Gasteiger charge is -2.10. The van der Waals surface area contributed by atoms with Crippen molar-refractivity contribution < 1.29 is 19.1 Å². The number of rotatable bonds is 12. The summed E-state index contributed by atoms with van der Waals surface area (Å²) in [5.74, 6) is -0.0595. The molecule has 0 saturated carbocycles. The minimum atomic E-state index is -0.577. The molecular formula is C24H29ClN2O4. The molecule has 0 fully saturated rings. The van der Waals surface area contributed by atoms with Crippen molar-refractivity contribution in [1.82, 2.24) is 5.43 Å². The number of hydrogen-bond donors (Lipinski definition) is 1. The van der Waals surface area contributed by atoms with E-state index in [0.29, 0.717) is 22.8 Å². The van der Waals surface area contributed by atoms with E-state index >= 15 is 0 Å². The van der Waals surface area contributed by atoms with Crippen LogP contribution in [0.1, 0.15) is 67.8 Å². The number of amides is 1. The third-order valence-electron chi connectivity index (χ3n) is 4.64. The number of carbonyl (C=O) groups is 2. The highest BCUT2D eigenvalue weighted by atomic mass is 35.5. The van der Waals surface area contributed by atoms with Crippen LogP contribution in [0, 0.1) is 0 Å². The second-order valence-corrected chi connectivity index (χ2v) is 7.50. The molecule has 0 spiro atoms. The predicted molar refractivity (Wildman–Crippen MR) is 123 cm³/mol. The highest BCUT2D eigenvalue weighted by molar-refractivity contribution is 6.33. The summed E-state index contributed by atoms with van der Waals surface area (Å²) in [4.78, 5) is 24.2. The van der Waals surface area contributed by atoms with Gasteiger partial charge in [0.1, 0.15) is 0 Å². The molecule has 0 unspecified atom stereocenters. The summed E-state index contributed by atoms with van der Waals surface area (Å²) in [5.41, 5.74) is 3.49. The van der Waals surface area contributed by atoms with Crippen molar-refractivity contribution in [3.05, 3.63) is 58.6 Å². The largest absolute Gasteiger partial charge is 0.493 e. The summed E-state index contributed by atoms with van der Waals surface area (Å²) < 4.78 is 10.7. The van der Waals surface area contributed by atoms with E-state index in [4.69, 9.17) is 21.1 Å². The van der Waals surface area contributed by atoms with Gasteiger partial charge in [0, 0.05) is 6.42 Å². The molecule has 1 amide bonds. The molecule has 2 rings (SSSR count). The van der Waals surface area contributed by atoms with Gasteiger partial charge < -0.3 is 9.47 Å². The number of nitrogens with zero attached hydrogens (tertiary/aromatic N) is 1. The van der Waals surface area contributed by atoms with Crippen LogP contribution in [0.5, 0.6) is 11.5 Å². The van der Waals surface area contributed by atoms with E-state index in [1.165, 1.54) is 32.6 Å². The molecule has 0 aliphatic rings. The fourth-order valence-electron chi connectivity index (χ4n) is 2.93. The molecule has 0 heterocycles. The Morgan fingerprint density at radius 1 is 1.03 bits per heavy atom. The molecule has 7 heteroatoms. The molecule has 1 N–H and O–H groups in total. The first-order valence-corrected chi connectivity index (χ1v) is 10.9. The summed E-state index contributed by atoms with van der Waals surface area (Å²) in [6.45, 7) is 2.18. The standard InChI is InChI=1S/C24H29ClN2O4/c1-3-4-5-6-7-8-13-23(28)27-26-17-18-14-15-21(22(16-18)30-2)31-24(29)19-11-9-10-12-20(19)25/h9-12,14-17H,3-8,13H2,1-2H3,(H,27,28)/b26-17-. The van der Waals surface area contributed by atoms with Gasteiger partial charge in [0.2, 0.25) is 5.91 Å². The van der Waals surface area contributed by atoms with Crippen LogP contribution in [0.3, 0.4) is 0 Å². The minimum Gasteiger partial charge on any atom is -0.493 e. The Bertz CT molecular complexity index is 899. The molecule has 0 saturated heterocycles. The van der Waals surface area contributed by atoms with Crippen molar-refractivity contribution in [3.8, 4) is 11.5 Å². The second-order valence-electron chi connectivity index (χ2n) is 7.09. The zero-order valence-electron chi connectivity index (χ0n) is 18.0. The number of halogens is 1. The van der Waals surface area contributed by atoms with E-state index in [9.17, 15) is 9.59 Å². The van der Waals surface area contributed by atoms with Crippen LogP contribution in [-0.4, -0.2) is 25.2 Å². The monoisotopic (exact) mass is 444 g/mol. The first kappa shape index (κ1) is 24.4. The molecule has 0 aliphatic heterocycles. The number of hydrogen-bond acceptors (Lipinski definition) is 5. The Hall–Kier alpha value is -2.86. The molecule has 0 atom stereocenters. The zero-order chi connectivity index (χ0) is 22.5. The average molecular weight is 445 g/mol. The molecule has 0 radical (unpaired) electrons. The quantitative estimate of drug-likeness (QED) is 0.148. The van der Waals surface area contributed by atoms with E-state index in [2.05, 4.69) is 17.5 Å². The van der Waals surface area contributed by atoms with Crippen molar-refractivity contribution >= 4 is 29.7 Å². The van der Waals surface area contributed by atoms with Crippen LogP contribution in [0.4, 0.5) is 0 Å². The first-order chi connectivity index (χ1) is 15.0. The van der Waals surface area contributed by atoms with Gasteiger partial charge in [-0.25, -0.2) is 10.2 Å². The number of esters is 1. The molecule has 2 aromatic rings. The molecular weight excluding hydrogens is 416 g/mol. The number of methoxy groups -OCH3 is 1. The summed E-state index contributed by atoms with van der Waals surface area (Å²) in [5, 5.41) is 4.30. The Labute approximate surface area is 188 Å². The summed E-state index contributed by atoms with van der Waals surface area (Å²) in [6, 6.07) is 11.6. The number of carbonyl (C=O) groups excluding carboxylic acids is 2. The number of nitrogens with one attached hydrogen (secondary N) is 1. The van der Waals surface area contributed by atoms with Crippen LogP contribution in [0.25, 0.3) is 0 Å². The summed E-state index contributed by atoms with van der Waals surface area (Å²) >= 11 is 6.04. The Morgan fingerprint density at radius 3 is 2.52 bits per heavy atom. The topological polar surface area (TPSA) is 77.0 Å². The van der Waals surface area contributed by atoms with E-state index in [0.717, 1.165) is 19.3 Å². The van der Waals surface area contributed by atoms with Crippen molar-refractivity contribution in [2.24, 2.45) is 5.10 Å². The Balaban J connectivity index is 1.87.